The van der Waals surface area contributed by atoms with Gasteiger partial charge in [0, 0.05) is 25.2 Å². The average molecular weight is 428 g/mol. The maximum Gasteiger partial charge on any atom is 0.254 e. The molecule has 1 fully saturated rings. The number of nitrogens with one attached hydrogen (secondary N) is 2. The van der Waals surface area contributed by atoms with Gasteiger partial charge in [-0.3, -0.25) is 4.79 Å². The molecule has 1 aliphatic rings. The van der Waals surface area contributed by atoms with Gasteiger partial charge >= 0.3 is 0 Å². The quantitative estimate of drug-likeness (QED) is 0.544. The third kappa shape index (κ3) is 6.30. The van der Waals surface area contributed by atoms with Gasteiger partial charge in [-0.05, 0) is 52.3 Å². The Balaban J connectivity index is 1.58. The highest BCUT2D eigenvalue weighted by atomic mass is 16.5. The molecule has 2 unspecified atom stereocenters. The molecular formula is C23H33N5O3. The third-order valence-corrected chi connectivity index (χ3v) is 5.15. The van der Waals surface area contributed by atoms with Crippen molar-refractivity contribution in [2.45, 2.75) is 59.9 Å². The van der Waals surface area contributed by atoms with Crippen molar-refractivity contribution in [1.82, 2.24) is 20.5 Å². The summed E-state index contributed by atoms with van der Waals surface area (Å²) in [7, 11) is 0. The molecule has 3 rings (SSSR count). The largest absolute Gasteiger partial charge is 0.444 e. The lowest BCUT2D eigenvalue weighted by atomic mass is 10.1. The fraction of sp³-hybridized carbons (Fsp3) is 0.522. The van der Waals surface area contributed by atoms with Crippen LogP contribution < -0.4 is 10.6 Å². The molecule has 168 valence electrons. The van der Waals surface area contributed by atoms with Crippen LogP contribution in [0.15, 0.2) is 33.7 Å². The molecular weight excluding hydrogens is 394 g/mol. The van der Waals surface area contributed by atoms with Crippen LogP contribution in [0.2, 0.25) is 0 Å². The minimum Gasteiger partial charge on any atom is -0.444 e. The fourth-order valence-electron chi connectivity index (χ4n) is 3.57. The van der Waals surface area contributed by atoms with Crippen molar-refractivity contribution in [1.29, 1.82) is 0 Å². The second kappa shape index (κ2) is 10.4. The number of nitrogens with zero attached hydrogens (tertiary/aromatic N) is 3. The van der Waals surface area contributed by atoms with E-state index < -0.39 is 0 Å². The zero-order valence-corrected chi connectivity index (χ0v) is 19.1. The van der Waals surface area contributed by atoms with Gasteiger partial charge in [-0.25, -0.2) is 9.98 Å². The molecule has 2 atom stereocenters. The number of aliphatic imine (C=N–C) groups is 1. The van der Waals surface area contributed by atoms with Gasteiger partial charge in [-0.2, -0.15) is 0 Å². The molecule has 0 saturated carbocycles. The lowest BCUT2D eigenvalue weighted by molar-refractivity contribution is -0.0586. The van der Waals surface area contributed by atoms with Gasteiger partial charge in [0.15, 0.2) is 5.96 Å². The molecule has 1 saturated heterocycles. The first-order valence-electron chi connectivity index (χ1n) is 10.8. The molecule has 1 aromatic heterocycles. The number of aromatic nitrogens is 1. The van der Waals surface area contributed by atoms with E-state index in [4.69, 9.17) is 9.15 Å². The summed E-state index contributed by atoms with van der Waals surface area (Å²) >= 11 is 0. The van der Waals surface area contributed by atoms with Crippen molar-refractivity contribution in [3.05, 3.63) is 52.7 Å². The smallest absolute Gasteiger partial charge is 0.254 e. The number of ether oxygens (including phenoxy) is 1. The number of aryl methyl sites for hydroxylation is 2. The van der Waals surface area contributed by atoms with Crippen LogP contribution in [-0.4, -0.2) is 53.6 Å². The van der Waals surface area contributed by atoms with Gasteiger partial charge in [0.1, 0.15) is 5.76 Å². The van der Waals surface area contributed by atoms with Crippen LogP contribution >= 0.6 is 0 Å². The van der Waals surface area contributed by atoms with E-state index in [1.807, 2.05) is 63.8 Å². The lowest BCUT2D eigenvalue weighted by Gasteiger charge is -2.35. The Hall–Kier alpha value is -2.87. The Labute approximate surface area is 184 Å². The van der Waals surface area contributed by atoms with Crippen LogP contribution in [0.4, 0.5) is 0 Å². The molecule has 1 aliphatic heterocycles. The van der Waals surface area contributed by atoms with Gasteiger partial charge in [-0.15, -0.1) is 0 Å². The summed E-state index contributed by atoms with van der Waals surface area (Å²) in [5.41, 5.74) is 2.61. The molecule has 0 spiro atoms. The number of carbonyl (C=O) groups excluding carboxylic acids is 1. The molecule has 31 heavy (non-hydrogen) atoms. The first-order valence-corrected chi connectivity index (χ1v) is 10.8. The summed E-state index contributed by atoms with van der Waals surface area (Å²) in [5.74, 6) is 2.20. The van der Waals surface area contributed by atoms with Crippen molar-refractivity contribution < 1.29 is 13.9 Å². The zero-order valence-electron chi connectivity index (χ0n) is 19.1. The SMILES string of the molecule is CCNC(=NCc1ccc(C(=O)N2CC(C)OC(C)C2)cc1)NCc1nc(C)c(C)o1. The monoisotopic (exact) mass is 427 g/mol. The molecule has 0 aliphatic carbocycles. The van der Waals surface area contributed by atoms with E-state index in [-0.39, 0.29) is 18.1 Å². The van der Waals surface area contributed by atoms with Crippen molar-refractivity contribution >= 4 is 11.9 Å². The summed E-state index contributed by atoms with van der Waals surface area (Å²) in [6, 6.07) is 7.65. The molecule has 0 radical (unpaired) electrons. The number of guanidine groups is 1. The van der Waals surface area contributed by atoms with Crippen LogP contribution in [-0.2, 0) is 17.8 Å². The van der Waals surface area contributed by atoms with Crippen molar-refractivity contribution in [3.63, 3.8) is 0 Å². The van der Waals surface area contributed by atoms with Crippen LogP contribution in [0.3, 0.4) is 0 Å². The van der Waals surface area contributed by atoms with E-state index in [0.717, 1.165) is 23.6 Å². The maximum atomic E-state index is 12.8. The molecule has 0 bridgehead atoms. The second-order valence-electron chi connectivity index (χ2n) is 7.96. The van der Waals surface area contributed by atoms with E-state index in [2.05, 4.69) is 20.6 Å². The maximum absolute atomic E-state index is 12.8. The first-order chi connectivity index (χ1) is 14.9. The number of oxazole rings is 1. The molecule has 2 N–H and O–H groups in total. The van der Waals surface area contributed by atoms with Gasteiger partial charge in [-0.1, -0.05) is 12.1 Å². The third-order valence-electron chi connectivity index (χ3n) is 5.15. The fourth-order valence-corrected chi connectivity index (χ4v) is 3.57. The van der Waals surface area contributed by atoms with Gasteiger partial charge in [0.05, 0.1) is 31.0 Å². The van der Waals surface area contributed by atoms with Crippen LogP contribution in [0.25, 0.3) is 0 Å². The van der Waals surface area contributed by atoms with Gasteiger partial charge < -0.3 is 24.7 Å². The Morgan fingerprint density at radius 2 is 1.84 bits per heavy atom. The molecule has 2 heterocycles. The van der Waals surface area contributed by atoms with E-state index in [9.17, 15) is 4.79 Å². The number of amides is 1. The van der Waals surface area contributed by atoms with E-state index in [1.165, 1.54) is 0 Å². The first kappa shape index (κ1) is 22.8. The number of carbonyl (C=O) groups is 1. The second-order valence-corrected chi connectivity index (χ2v) is 7.96. The summed E-state index contributed by atoms with van der Waals surface area (Å²) in [5, 5.41) is 6.46. The predicted molar refractivity (Wildman–Crippen MR) is 120 cm³/mol. The molecule has 1 amide bonds. The number of morpholine rings is 1. The standard InChI is InChI=1S/C23H33N5O3/c1-6-24-23(26-12-21-27-17(4)18(5)31-21)25-11-19-7-9-20(10-8-19)22(29)28-13-15(2)30-16(3)14-28/h7-10,15-16H,6,11-14H2,1-5H3,(H2,24,25,26). The highest BCUT2D eigenvalue weighted by Gasteiger charge is 2.26. The number of hydrogen-bond acceptors (Lipinski definition) is 5. The van der Waals surface area contributed by atoms with Crippen molar-refractivity contribution in [2.75, 3.05) is 19.6 Å². The van der Waals surface area contributed by atoms with Crippen molar-refractivity contribution in [3.8, 4) is 0 Å². The molecule has 8 heteroatoms. The summed E-state index contributed by atoms with van der Waals surface area (Å²) in [6.45, 7) is 12.8. The van der Waals surface area contributed by atoms with E-state index in [1.54, 1.807) is 0 Å². The topological polar surface area (TPSA) is 92.0 Å². The number of hydrogen-bond donors (Lipinski definition) is 2. The van der Waals surface area contributed by atoms with Crippen LogP contribution in [0.5, 0.6) is 0 Å². The Morgan fingerprint density at radius 3 is 2.42 bits per heavy atom. The van der Waals surface area contributed by atoms with Crippen molar-refractivity contribution in [2.24, 2.45) is 4.99 Å². The van der Waals surface area contributed by atoms with Crippen LogP contribution in [0, 0.1) is 13.8 Å². The summed E-state index contributed by atoms with van der Waals surface area (Å²) < 4.78 is 11.3. The average Bonchev–Trinajstić information content (AvgIpc) is 3.06. The van der Waals surface area contributed by atoms with Gasteiger partial charge in [0.25, 0.3) is 5.91 Å². The highest BCUT2D eigenvalue weighted by Crippen LogP contribution is 2.15. The number of rotatable bonds is 6. The predicted octanol–water partition coefficient (Wildman–Crippen LogP) is 2.80. The Kier molecular flexibility index (Phi) is 7.68. The number of benzene rings is 1. The summed E-state index contributed by atoms with van der Waals surface area (Å²) in [4.78, 5) is 23.7. The lowest BCUT2D eigenvalue weighted by Crippen LogP contribution is -2.48. The Morgan fingerprint density at radius 1 is 1.16 bits per heavy atom. The van der Waals surface area contributed by atoms with E-state index in [0.29, 0.717) is 43.6 Å². The summed E-state index contributed by atoms with van der Waals surface area (Å²) in [6.07, 6.45) is 0.116. The van der Waals surface area contributed by atoms with E-state index >= 15 is 0 Å². The molecule has 1 aromatic carbocycles. The highest BCUT2D eigenvalue weighted by molar-refractivity contribution is 5.94. The van der Waals surface area contributed by atoms with Gasteiger partial charge in [0.2, 0.25) is 5.89 Å². The minimum absolute atomic E-state index is 0.0450. The van der Waals surface area contributed by atoms with Crippen LogP contribution in [0.1, 0.15) is 54.0 Å². The Bertz CT molecular complexity index is 877. The molecule has 2 aromatic rings. The molecule has 8 nitrogen and oxygen atoms in total. The normalized spacial score (nSPS) is 19.4. The minimum atomic E-state index is 0.0450. The zero-order chi connectivity index (χ0) is 22.4.